The van der Waals surface area contributed by atoms with Gasteiger partial charge in [-0.25, -0.2) is 0 Å². The van der Waals surface area contributed by atoms with Gasteiger partial charge in [0, 0.05) is 19.2 Å². The second-order valence-corrected chi connectivity index (χ2v) is 5.25. The summed E-state index contributed by atoms with van der Waals surface area (Å²) < 4.78 is 7.33. The van der Waals surface area contributed by atoms with Crippen LogP contribution < -0.4 is 10.1 Å². The number of likely N-dealkylation sites (N-methyl/N-ethyl adjacent to an activating group) is 1. The predicted molar refractivity (Wildman–Crippen MR) is 74.3 cm³/mol. The second-order valence-electron chi connectivity index (χ2n) is 4.30. The lowest BCUT2D eigenvalue weighted by molar-refractivity contribution is 0.404. The smallest absolute Gasteiger partial charge is 0.134 e. The van der Waals surface area contributed by atoms with Crippen LogP contribution in [0.2, 0.25) is 0 Å². The van der Waals surface area contributed by atoms with Gasteiger partial charge in [-0.15, -0.1) is 11.3 Å². The number of hydrogen-bond acceptors (Lipinski definition) is 4. The quantitative estimate of drug-likeness (QED) is 0.901. The minimum Gasteiger partial charge on any atom is -0.496 e. The highest BCUT2D eigenvalue weighted by atomic mass is 32.1. The van der Waals surface area contributed by atoms with Crippen molar-refractivity contribution in [2.24, 2.45) is 7.05 Å². The van der Waals surface area contributed by atoms with Gasteiger partial charge in [-0.05, 0) is 31.5 Å². The Morgan fingerprint density at radius 1 is 1.56 bits per heavy atom. The highest BCUT2D eigenvalue weighted by molar-refractivity contribution is 7.10. The highest BCUT2D eigenvalue weighted by Crippen LogP contribution is 2.32. The first-order valence-corrected chi connectivity index (χ1v) is 6.81. The van der Waals surface area contributed by atoms with E-state index in [-0.39, 0.29) is 6.04 Å². The van der Waals surface area contributed by atoms with E-state index in [2.05, 4.69) is 21.9 Å². The molecule has 1 N–H and O–H groups in total. The molecule has 2 heterocycles. The minimum atomic E-state index is 0.259. The van der Waals surface area contributed by atoms with Gasteiger partial charge in [0.15, 0.2) is 0 Å². The molecule has 2 aromatic heterocycles. The molecule has 0 spiro atoms. The van der Waals surface area contributed by atoms with Gasteiger partial charge in [0.05, 0.1) is 23.7 Å². The first kappa shape index (κ1) is 13.1. The van der Waals surface area contributed by atoms with E-state index in [9.17, 15) is 0 Å². The number of thiophene rings is 1. The van der Waals surface area contributed by atoms with Crippen molar-refractivity contribution >= 4 is 11.3 Å². The van der Waals surface area contributed by atoms with Gasteiger partial charge in [0.25, 0.3) is 0 Å². The molecule has 0 fully saturated rings. The van der Waals surface area contributed by atoms with Crippen molar-refractivity contribution in [3.8, 4) is 5.75 Å². The fourth-order valence-electron chi connectivity index (χ4n) is 2.12. The summed E-state index contributed by atoms with van der Waals surface area (Å²) in [6, 6.07) is 4.40. The molecule has 0 bridgehead atoms. The van der Waals surface area contributed by atoms with Crippen LogP contribution in [0.15, 0.2) is 17.5 Å². The van der Waals surface area contributed by atoms with Crippen LogP contribution in [0, 0.1) is 6.92 Å². The Balaban J connectivity index is 2.22. The van der Waals surface area contributed by atoms with Gasteiger partial charge < -0.3 is 10.1 Å². The van der Waals surface area contributed by atoms with Gasteiger partial charge in [-0.2, -0.15) is 5.10 Å². The average molecular weight is 265 g/mol. The lowest BCUT2D eigenvalue weighted by Gasteiger charge is -2.16. The molecule has 5 heteroatoms. The molecular weight excluding hydrogens is 246 g/mol. The number of ether oxygens (including phenoxy) is 1. The standard InChI is InChI=1S/C13H19N3OS/c1-9-7-10(16(3)15-9)8-11(14-2)13-12(17-4)5-6-18-13/h5-7,11,14H,8H2,1-4H3. The zero-order valence-corrected chi connectivity index (χ0v) is 12.0. The number of methoxy groups -OCH3 is 1. The normalized spacial score (nSPS) is 12.7. The summed E-state index contributed by atoms with van der Waals surface area (Å²) in [4.78, 5) is 1.24. The molecule has 2 aromatic rings. The van der Waals surface area contributed by atoms with Crippen molar-refractivity contribution < 1.29 is 4.74 Å². The molecule has 18 heavy (non-hydrogen) atoms. The predicted octanol–water partition coefficient (Wildman–Crippen LogP) is 2.30. The van der Waals surface area contributed by atoms with E-state index in [0.29, 0.717) is 0 Å². The van der Waals surface area contributed by atoms with Crippen molar-refractivity contribution in [3.05, 3.63) is 33.8 Å². The third-order valence-electron chi connectivity index (χ3n) is 3.05. The van der Waals surface area contributed by atoms with E-state index in [4.69, 9.17) is 4.74 Å². The fourth-order valence-corrected chi connectivity index (χ4v) is 3.09. The summed E-state index contributed by atoms with van der Waals surface area (Å²) in [6.45, 7) is 2.02. The topological polar surface area (TPSA) is 39.1 Å². The summed E-state index contributed by atoms with van der Waals surface area (Å²) in [5.74, 6) is 0.957. The van der Waals surface area contributed by atoms with Crippen molar-refractivity contribution in [2.75, 3.05) is 14.2 Å². The van der Waals surface area contributed by atoms with Crippen molar-refractivity contribution in [1.29, 1.82) is 0 Å². The molecule has 0 amide bonds. The van der Waals surface area contributed by atoms with Crippen LogP contribution in [0.3, 0.4) is 0 Å². The molecule has 0 aliphatic heterocycles. The first-order valence-electron chi connectivity index (χ1n) is 5.94. The molecule has 0 aromatic carbocycles. The average Bonchev–Trinajstić information content (AvgIpc) is 2.92. The highest BCUT2D eigenvalue weighted by Gasteiger charge is 2.18. The van der Waals surface area contributed by atoms with Gasteiger partial charge in [0.2, 0.25) is 0 Å². The third kappa shape index (κ3) is 2.57. The summed E-state index contributed by atoms with van der Waals surface area (Å²) in [5, 5.41) is 9.80. The van der Waals surface area contributed by atoms with Crippen LogP contribution in [0.1, 0.15) is 22.3 Å². The molecule has 98 valence electrons. The Morgan fingerprint density at radius 3 is 2.89 bits per heavy atom. The Hall–Kier alpha value is -1.33. The number of hydrogen-bond donors (Lipinski definition) is 1. The number of aromatic nitrogens is 2. The van der Waals surface area contributed by atoms with Gasteiger partial charge in [0.1, 0.15) is 5.75 Å². The second kappa shape index (κ2) is 5.54. The number of rotatable bonds is 5. The minimum absolute atomic E-state index is 0.259. The SMILES string of the molecule is CNC(Cc1cc(C)nn1C)c1sccc1OC. The zero-order valence-electron chi connectivity index (χ0n) is 11.2. The van der Waals surface area contributed by atoms with Crippen LogP contribution in [-0.2, 0) is 13.5 Å². The Bertz CT molecular complexity index is 518. The maximum absolute atomic E-state index is 5.39. The molecule has 1 atom stereocenters. The fraction of sp³-hybridized carbons (Fsp3) is 0.462. The van der Waals surface area contributed by atoms with E-state index in [1.807, 2.05) is 31.8 Å². The maximum atomic E-state index is 5.39. The van der Waals surface area contributed by atoms with Crippen molar-refractivity contribution in [3.63, 3.8) is 0 Å². The van der Waals surface area contributed by atoms with Crippen LogP contribution in [-0.4, -0.2) is 23.9 Å². The van der Waals surface area contributed by atoms with Crippen LogP contribution in [0.4, 0.5) is 0 Å². The summed E-state index contributed by atoms with van der Waals surface area (Å²) in [5.41, 5.74) is 2.28. The molecule has 0 aliphatic carbocycles. The van der Waals surface area contributed by atoms with E-state index >= 15 is 0 Å². The van der Waals surface area contributed by atoms with Crippen molar-refractivity contribution in [1.82, 2.24) is 15.1 Å². The molecule has 0 aliphatic rings. The lowest BCUT2D eigenvalue weighted by Crippen LogP contribution is -2.19. The molecule has 0 radical (unpaired) electrons. The van der Waals surface area contributed by atoms with Gasteiger partial charge >= 0.3 is 0 Å². The first-order chi connectivity index (χ1) is 8.65. The molecular formula is C13H19N3OS. The zero-order chi connectivity index (χ0) is 13.1. The maximum Gasteiger partial charge on any atom is 0.134 e. The van der Waals surface area contributed by atoms with Gasteiger partial charge in [-0.1, -0.05) is 0 Å². The van der Waals surface area contributed by atoms with E-state index in [1.165, 1.54) is 10.6 Å². The molecule has 4 nitrogen and oxygen atoms in total. The molecule has 0 saturated heterocycles. The van der Waals surface area contributed by atoms with E-state index < -0.39 is 0 Å². The van der Waals surface area contributed by atoms with Crippen LogP contribution in [0.5, 0.6) is 5.75 Å². The number of nitrogens with one attached hydrogen (secondary N) is 1. The Kier molecular flexibility index (Phi) is 4.04. The van der Waals surface area contributed by atoms with Crippen LogP contribution >= 0.6 is 11.3 Å². The van der Waals surface area contributed by atoms with Crippen molar-refractivity contribution in [2.45, 2.75) is 19.4 Å². The van der Waals surface area contributed by atoms with Crippen LogP contribution in [0.25, 0.3) is 0 Å². The Labute approximate surface area is 112 Å². The number of aryl methyl sites for hydroxylation is 2. The molecule has 1 unspecified atom stereocenters. The Morgan fingerprint density at radius 2 is 2.33 bits per heavy atom. The number of nitrogens with zero attached hydrogens (tertiary/aromatic N) is 2. The van der Waals surface area contributed by atoms with E-state index in [1.54, 1.807) is 18.4 Å². The lowest BCUT2D eigenvalue weighted by atomic mass is 10.1. The largest absolute Gasteiger partial charge is 0.496 e. The molecule has 2 rings (SSSR count). The van der Waals surface area contributed by atoms with E-state index in [0.717, 1.165) is 17.9 Å². The summed E-state index contributed by atoms with van der Waals surface area (Å²) in [6.07, 6.45) is 0.907. The third-order valence-corrected chi connectivity index (χ3v) is 4.07. The summed E-state index contributed by atoms with van der Waals surface area (Å²) in [7, 11) is 5.68. The summed E-state index contributed by atoms with van der Waals surface area (Å²) >= 11 is 1.72. The molecule has 0 saturated carbocycles. The van der Waals surface area contributed by atoms with Gasteiger partial charge in [-0.3, -0.25) is 4.68 Å². The monoisotopic (exact) mass is 265 g/mol.